The number of carbonyl (C=O) groups is 2. The molecule has 6 heteroatoms. The molecule has 5 unspecified atom stereocenters. The summed E-state index contributed by atoms with van der Waals surface area (Å²) < 4.78 is 0. The summed E-state index contributed by atoms with van der Waals surface area (Å²) in [7, 11) is 0. The minimum absolute atomic E-state index is 0.0527. The van der Waals surface area contributed by atoms with Gasteiger partial charge in [-0.3, -0.25) is 9.59 Å². The lowest BCUT2D eigenvalue weighted by molar-refractivity contribution is -0.189. The van der Waals surface area contributed by atoms with Crippen LogP contribution in [0.2, 0.25) is 0 Å². The Hall–Kier alpha value is -1.24. The molecule has 0 saturated heterocycles. The van der Waals surface area contributed by atoms with E-state index in [1.54, 1.807) is 6.92 Å². The highest BCUT2D eigenvalue weighted by Gasteiger charge is 2.62. The number of aliphatic hydroxyl groups excluding tert-OH is 1. The van der Waals surface area contributed by atoms with Crippen molar-refractivity contribution in [2.45, 2.75) is 83.5 Å². The van der Waals surface area contributed by atoms with Gasteiger partial charge in [0.15, 0.2) is 5.78 Å². The second-order valence-corrected chi connectivity index (χ2v) is 9.45. The van der Waals surface area contributed by atoms with Crippen molar-refractivity contribution in [2.24, 2.45) is 16.7 Å². The van der Waals surface area contributed by atoms with Crippen molar-refractivity contribution in [3.05, 3.63) is 11.1 Å². The maximum absolute atomic E-state index is 13.0. The summed E-state index contributed by atoms with van der Waals surface area (Å²) in [6.07, 6.45) is 1.14. The molecule has 26 heavy (non-hydrogen) atoms. The molecule has 0 aliphatic heterocycles. The van der Waals surface area contributed by atoms with E-state index in [1.807, 2.05) is 6.92 Å². The number of Topliss-reactive ketones (excluding diaryl/α,β-unsaturated/α-hetero) is 1. The normalized spacial score (nSPS) is 43.7. The highest BCUT2D eigenvalue weighted by Crippen LogP contribution is 2.62. The molecule has 4 N–H and O–H groups in total. The fourth-order valence-electron chi connectivity index (χ4n) is 5.78. The molecule has 3 rings (SSSR count). The number of ketones is 1. The zero-order valence-corrected chi connectivity index (χ0v) is 16.0. The molecule has 3 aliphatic rings. The number of carbonyl (C=O) groups excluding carboxylic acids is 1. The quantitative estimate of drug-likeness (QED) is 0.592. The summed E-state index contributed by atoms with van der Waals surface area (Å²) in [5.74, 6) is -1.51. The van der Waals surface area contributed by atoms with Gasteiger partial charge in [-0.15, -0.1) is 0 Å². The lowest BCUT2D eigenvalue weighted by Gasteiger charge is -2.57. The number of carboxylic acids is 1. The molecule has 1 fully saturated rings. The third-order valence-corrected chi connectivity index (χ3v) is 7.66. The Kier molecular flexibility index (Phi) is 4.23. The molecule has 0 amide bonds. The van der Waals surface area contributed by atoms with Crippen LogP contribution in [-0.4, -0.2) is 49.5 Å². The molecule has 6 nitrogen and oxygen atoms in total. The van der Waals surface area contributed by atoms with E-state index in [0.29, 0.717) is 12.8 Å². The van der Waals surface area contributed by atoms with Crippen molar-refractivity contribution in [2.75, 3.05) is 0 Å². The fourth-order valence-corrected chi connectivity index (χ4v) is 5.78. The first-order valence-electron chi connectivity index (χ1n) is 9.42. The van der Waals surface area contributed by atoms with Crippen molar-refractivity contribution in [3.63, 3.8) is 0 Å². The van der Waals surface area contributed by atoms with Crippen LogP contribution in [0, 0.1) is 16.7 Å². The summed E-state index contributed by atoms with van der Waals surface area (Å²) in [5.41, 5.74) is -3.84. The van der Waals surface area contributed by atoms with Crippen molar-refractivity contribution in [3.8, 4) is 0 Å². The third kappa shape index (κ3) is 2.35. The molecule has 1 saturated carbocycles. The van der Waals surface area contributed by atoms with E-state index in [4.69, 9.17) is 0 Å². The summed E-state index contributed by atoms with van der Waals surface area (Å²) in [6, 6.07) is 0. The Morgan fingerprint density at radius 1 is 1.19 bits per heavy atom. The first-order valence-corrected chi connectivity index (χ1v) is 9.42. The largest absolute Gasteiger partial charge is 0.481 e. The predicted octanol–water partition coefficient (Wildman–Crippen LogP) is 1.81. The van der Waals surface area contributed by atoms with Crippen LogP contribution in [0.3, 0.4) is 0 Å². The van der Waals surface area contributed by atoms with Crippen molar-refractivity contribution in [1.82, 2.24) is 0 Å². The summed E-state index contributed by atoms with van der Waals surface area (Å²) >= 11 is 0. The van der Waals surface area contributed by atoms with Crippen LogP contribution < -0.4 is 0 Å². The van der Waals surface area contributed by atoms with E-state index in [0.717, 1.165) is 18.4 Å². The molecular weight excluding hydrogens is 336 g/mol. The standard InChI is InChI=1S/C20H30O6/c1-17(2,25)20(26)9-6-11-14(15(20)22)12(21)10-13-18(11,3)7-5-8-19(13,4)16(23)24/h13,15,22,25-26H,5-10H2,1-4H3,(H,23,24). The summed E-state index contributed by atoms with van der Waals surface area (Å²) in [6.45, 7) is 6.59. The minimum atomic E-state index is -1.80. The number of fused-ring (bicyclic) bond motifs is 2. The first kappa shape index (κ1) is 19.5. The predicted molar refractivity (Wildman–Crippen MR) is 94.3 cm³/mol. The SMILES string of the molecule is CC1(C(=O)O)CCCC2(C)C3=C(C(=O)CC12)C(O)C(O)(C(C)(C)O)CC3. The van der Waals surface area contributed by atoms with Gasteiger partial charge in [0.1, 0.15) is 11.7 Å². The van der Waals surface area contributed by atoms with Gasteiger partial charge in [-0.25, -0.2) is 0 Å². The number of allylic oxidation sites excluding steroid dienone is 1. The molecule has 0 bridgehead atoms. The highest BCUT2D eigenvalue weighted by atomic mass is 16.4. The number of hydrogen-bond acceptors (Lipinski definition) is 5. The van der Waals surface area contributed by atoms with Crippen LogP contribution in [-0.2, 0) is 9.59 Å². The average molecular weight is 366 g/mol. The number of hydrogen-bond donors (Lipinski definition) is 4. The molecular formula is C20H30O6. The average Bonchev–Trinajstić information content (AvgIpc) is 2.51. The van der Waals surface area contributed by atoms with Crippen LogP contribution >= 0.6 is 0 Å². The smallest absolute Gasteiger partial charge is 0.309 e. The Labute approximate surface area is 153 Å². The number of aliphatic hydroxyl groups is 3. The maximum atomic E-state index is 13.0. The summed E-state index contributed by atoms with van der Waals surface area (Å²) in [5, 5.41) is 42.0. The fraction of sp³-hybridized carbons (Fsp3) is 0.800. The second-order valence-electron chi connectivity index (χ2n) is 9.45. The molecule has 0 aromatic carbocycles. The van der Waals surface area contributed by atoms with Gasteiger partial charge in [0.25, 0.3) is 0 Å². The topological polar surface area (TPSA) is 115 Å². The zero-order valence-electron chi connectivity index (χ0n) is 16.0. The van der Waals surface area contributed by atoms with Crippen LogP contribution in [0.25, 0.3) is 0 Å². The van der Waals surface area contributed by atoms with E-state index in [2.05, 4.69) is 0 Å². The zero-order chi connectivity index (χ0) is 19.7. The molecule has 0 spiro atoms. The van der Waals surface area contributed by atoms with Crippen LogP contribution in [0.5, 0.6) is 0 Å². The summed E-state index contributed by atoms with van der Waals surface area (Å²) in [4.78, 5) is 24.9. The number of rotatable bonds is 2. The Balaban J connectivity index is 2.14. The molecule has 146 valence electrons. The van der Waals surface area contributed by atoms with E-state index in [-0.39, 0.29) is 30.1 Å². The Morgan fingerprint density at radius 3 is 2.35 bits per heavy atom. The van der Waals surface area contributed by atoms with E-state index >= 15 is 0 Å². The lowest BCUT2D eigenvalue weighted by Crippen LogP contribution is -2.63. The van der Waals surface area contributed by atoms with Crippen molar-refractivity contribution in [1.29, 1.82) is 0 Å². The first-order chi connectivity index (χ1) is 11.8. The Morgan fingerprint density at radius 2 is 1.81 bits per heavy atom. The molecule has 3 aliphatic carbocycles. The maximum Gasteiger partial charge on any atom is 0.309 e. The minimum Gasteiger partial charge on any atom is -0.481 e. The van der Waals surface area contributed by atoms with Gasteiger partial charge in [-0.1, -0.05) is 18.9 Å². The van der Waals surface area contributed by atoms with Gasteiger partial charge in [-0.2, -0.15) is 0 Å². The van der Waals surface area contributed by atoms with Crippen molar-refractivity contribution >= 4 is 11.8 Å². The monoisotopic (exact) mass is 366 g/mol. The van der Waals surface area contributed by atoms with E-state index < -0.39 is 34.1 Å². The van der Waals surface area contributed by atoms with Gasteiger partial charge < -0.3 is 20.4 Å². The lowest BCUT2D eigenvalue weighted by atomic mass is 9.47. The van der Waals surface area contributed by atoms with E-state index in [1.165, 1.54) is 13.8 Å². The molecule has 5 atom stereocenters. The van der Waals surface area contributed by atoms with Gasteiger partial charge >= 0.3 is 5.97 Å². The second kappa shape index (κ2) is 5.63. The molecule has 0 heterocycles. The number of carboxylic acid groups (broad SMARTS) is 1. The van der Waals surface area contributed by atoms with E-state index in [9.17, 15) is 30.0 Å². The molecule has 0 aromatic rings. The van der Waals surface area contributed by atoms with Crippen LogP contribution in [0.1, 0.15) is 66.2 Å². The number of aliphatic carboxylic acids is 1. The Bertz CT molecular complexity index is 689. The van der Waals surface area contributed by atoms with Gasteiger partial charge in [0.05, 0.1) is 11.0 Å². The van der Waals surface area contributed by atoms with Gasteiger partial charge in [0, 0.05) is 12.0 Å². The van der Waals surface area contributed by atoms with Crippen LogP contribution in [0.4, 0.5) is 0 Å². The van der Waals surface area contributed by atoms with Crippen LogP contribution in [0.15, 0.2) is 11.1 Å². The van der Waals surface area contributed by atoms with Crippen molar-refractivity contribution < 1.29 is 30.0 Å². The molecule has 0 radical (unpaired) electrons. The molecule has 0 aromatic heterocycles. The highest BCUT2D eigenvalue weighted by molar-refractivity contribution is 5.99. The van der Waals surface area contributed by atoms with Gasteiger partial charge in [-0.05, 0) is 57.8 Å². The van der Waals surface area contributed by atoms with Gasteiger partial charge in [0.2, 0.25) is 0 Å². The third-order valence-electron chi connectivity index (χ3n) is 7.66.